The van der Waals surface area contributed by atoms with E-state index in [9.17, 15) is 4.79 Å². The molecule has 1 aromatic rings. The Balaban J connectivity index is 1.90. The second-order valence-electron chi connectivity index (χ2n) is 5.97. The summed E-state index contributed by atoms with van der Waals surface area (Å²) >= 11 is 0. The van der Waals surface area contributed by atoms with Crippen LogP contribution >= 0.6 is 0 Å². The Morgan fingerprint density at radius 2 is 2.05 bits per heavy atom. The van der Waals surface area contributed by atoms with E-state index < -0.39 is 5.41 Å². The number of ether oxygens (including phenoxy) is 1. The van der Waals surface area contributed by atoms with Gasteiger partial charge in [-0.25, -0.2) is 4.98 Å². The molecule has 2 rings (SSSR count). The number of aromatic nitrogens is 1. The Morgan fingerprint density at radius 3 is 2.55 bits per heavy atom. The zero-order valence-electron chi connectivity index (χ0n) is 13.6. The van der Waals surface area contributed by atoms with Crippen LogP contribution in [0.1, 0.15) is 39.5 Å². The van der Waals surface area contributed by atoms with Crippen molar-refractivity contribution in [3.8, 4) is 5.88 Å². The van der Waals surface area contributed by atoms with E-state index in [4.69, 9.17) is 10.5 Å². The number of hydrogen-bond donors (Lipinski definition) is 1. The topological polar surface area (TPSA) is 68.5 Å². The van der Waals surface area contributed by atoms with Gasteiger partial charge in [0.2, 0.25) is 11.8 Å². The zero-order valence-corrected chi connectivity index (χ0v) is 13.6. The average Bonchev–Trinajstić information content (AvgIpc) is 2.58. The van der Waals surface area contributed by atoms with Crippen LogP contribution in [0, 0.1) is 5.41 Å². The SMILES string of the molecule is CCC(CC)(CN)C(=O)N1CCC(Oc2ccccn2)CC1. The van der Waals surface area contributed by atoms with Gasteiger partial charge in [-0.3, -0.25) is 4.79 Å². The quantitative estimate of drug-likeness (QED) is 0.875. The Morgan fingerprint density at radius 1 is 1.36 bits per heavy atom. The Kier molecular flexibility index (Phi) is 5.77. The number of likely N-dealkylation sites (tertiary alicyclic amines) is 1. The molecule has 2 N–H and O–H groups in total. The van der Waals surface area contributed by atoms with Crippen LogP contribution in [0.2, 0.25) is 0 Å². The highest BCUT2D eigenvalue weighted by atomic mass is 16.5. The van der Waals surface area contributed by atoms with Gasteiger partial charge in [0.05, 0.1) is 5.41 Å². The van der Waals surface area contributed by atoms with Crippen LogP contribution in [0.3, 0.4) is 0 Å². The van der Waals surface area contributed by atoms with Crippen molar-refractivity contribution in [3.05, 3.63) is 24.4 Å². The summed E-state index contributed by atoms with van der Waals surface area (Å²) in [6.45, 7) is 5.98. The molecule has 0 unspecified atom stereocenters. The average molecular weight is 305 g/mol. The van der Waals surface area contributed by atoms with Crippen LogP contribution in [0.25, 0.3) is 0 Å². The van der Waals surface area contributed by atoms with E-state index in [1.54, 1.807) is 6.20 Å². The molecule has 0 atom stereocenters. The molecule has 1 saturated heterocycles. The fraction of sp³-hybridized carbons (Fsp3) is 0.647. The maximum atomic E-state index is 12.8. The van der Waals surface area contributed by atoms with Gasteiger partial charge in [-0.05, 0) is 18.9 Å². The molecule has 122 valence electrons. The van der Waals surface area contributed by atoms with E-state index in [0.29, 0.717) is 12.4 Å². The van der Waals surface area contributed by atoms with Gasteiger partial charge in [0.1, 0.15) is 6.10 Å². The molecule has 0 radical (unpaired) electrons. The molecule has 1 aliphatic rings. The number of pyridine rings is 1. The van der Waals surface area contributed by atoms with E-state index in [-0.39, 0.29) is 12.0 Å². The summed E-state index contributed by atoms with van der Waals surface area (Å²) in [7, 11) is 0. The molecule has 0 aromatic carbocycles. The number of nitrogens with zero attached hydrogens (tertiary/aromatic N) is 2. The van der Waals surface area contributed by atoms with Gasteiger partial charge in [-0.15, -0.1) is 0 Å². The number of amides is 1. The van der Waals surface area contributed by atoms with E-state index >= 15 is 0 Å². The van der Waals surface area contributed by atoms with Crippen LogP contribution in [0.5, 0.6) is 5.88 Å². The van der Waals surface area contributed by atoms with E-state index in [0.717, 1.165) is 38.8 Å². The van der Waals surface area contributed by atoms with Crippen LogP contribution in [0.4, 0.5) is 0 Å². The molecule has 5 heteroatoms. The van der Waals surface area contributed by atoms with Crippen LogP contribution in [-0.4, -0.2) is 41.5 Å². The molecule has 1 amide bonds. The normalized spacial score (nSPS) is 16.6. The lowest BCUT2D eigenvalue weighted by molar-refractivity contribution is -0.144. The van der Waals surface area contributed by atoms with Crippen LogP contribution in [0.15, 0.2) is 24.4 Å². The standard InChI is InChI=1S/C17H27N3O2/c1-3-17(4-2,13-18)16(21)20-11-8-14(9-12-20)22-15-7-5-6-10-19-15/h5-7,10,14H,3-4,8-9,11-13,18H2,1-2H3. The van der Waals surface area contributed by atoms with Gasteiger partial charge < -0.3 is 15.4 Å². The molecule has 2 heterocycles. The second-order valence-corrected chi connectivity index (χ2v) is 5.97. The van der Waals surface area contributed by atoms with Gasteiger partial charge in [0.15, 0.2) is 0 Å². The number of hydrogen-bond acceptors (Lipinski definition) is 4. The molecule has 0 bridgehead atoms. The Bertz CT molecular complexity index is 458. The molecule has 0 spiro atoms. The fourth-order valence-electron chi connectivity index (χ4n) is 3.03. The molecule has 1 aromatic heterocycles. The molecule has 22 heavy (non-hydrogen) atoms. The van der Waals surface area contributed by atoms with Crippen LogP contribution in [-0.2, 0) is 4.79 Å². The van der Waals surface area contributed by atoms with E-state index in [1.165, 1.54) is 0 Å². The highest BCUT2D eigenvalue weighted by molar-refractivity contribution is 5.83. The Labute approximate surface area is 132 Å². The molecule has 0 aliphatic carbocycles. The van der Waals surface area contributed by atoms with Gasteiger partial charge in [0.25, 0.3) is 0 Å². The third-order valence-electron chi connectivity index (χ3n) is 4.85. The monoisotopic (exact) mass is 305 g/mol. The largest absolute Gasteiger partial charge is 0.474 e. The van der Waals surface area contributed by atoms with Gasteiger partial charge >= 0.3 is 0 Å². The predicted octanol–water partition coefficient (Wildman–Crippen LogP) is 2.22. The van der Waals surface area contributed by atoms with Gasteiger partial charge in [-0.1, -0.05) is 19.9 Å². The zero-order chi connectivity index (χ0) is 16.0. The number of carbonyl (C=O) groups is 1. The third kappa shape index (κ3) is 3.58. The van der Waals surface area contributed by atoms with Crippen molar-refractivity contribution in [2.45, 2.75) is 45.6 Å². The summed E-state index contributed by atoms with van der Waals surface area (Å²) in [4.78, 5) is 18.9. The van der Waals surface area contributed by atoms with Crippen LogP contribution < -0.4 is 10.5 Å². The van der Waals surface area contributed by atoms with Gasteiger partial charge in [0, 0.05) is 44.7 Å². The maximum absolute atomic E-state index is 12.8. The first kappa shape index (κ1) is 16.7. The summed E-state index contributed by atoms with van der Waals surface area (Å²) in [6, 6.07) is 5.65. The third-order valence-corrected chi connectivity index (χ3v) is 4.85. The first-order valence-corrected chi connectivity index (χ1v) is 8.22. The van der Waals surface area contributed by atoms with E-state index in [1.807, 2.05) is 36.9 Å². The number of piperidine rings is 1. The van der Waals surface area contributed by atoms with Crippen molar-refractivity contribution in [1.82, 2.24) is 9.88 Å². The number of nitrogens with two attached hydrogens (primary N) is 1. The summed E-state index contributed by atoms with van der Waals surface area (Å²) in [5.41, 5.74) is 5.49. The lowest BCUT2D eigenvalue weighted by Gasteiger charge is -2.38. The van der Waals surface area contributed by atoms with Crippen molar-refractivity contribution < 1.29 is 9.53 Å². The number of carbonyl (C=O) groups excluding carboxylic acids is 1. The minimum Gasteiger partial charge on any atom is -0.474 e. The van der Waals surface area contributed by atoms with Crippen molar-refractivity contribution in [3.63, 3.8) is 0 Å². The van der Waals surface area contributed by atoms with Crippen molar-refractivity contribution >= 4 is 5.91 Å². The fourth-order valence-corrected chi connectivity index (χ4v) is 3.03. The van der Waals surface area contributed by atoms with E-state index in [2.05, 4.69) is 4.98 Å². The summed E-state index contributed by atoms with van der Waals surface area (Å²) in [6.07, 6.45) is 5.14. The summed E-state index contributed by atoms with van der Waals surface area (Å²) in [5.74, 6) is 0.863. The van der Waals surface area contributed by atoms with Crippen molar-refractivity contribution in [2.75, 3.05) is 19.6 Å². The Hall–Kier alpha value is -1.62. The number of rotatable bonds is 6. The minimum atomic E-state index is -0.394. The lowest BCUT2D eigenvalue weighted by Crippen LogP contribution is -2.51. The second kappa shape index (κ2) is 7.58. The highest BCUT2D eigenvalue weighted by Gasteiger charge is 2.38. The van der Waals surface area contributed by atoms with Crippen molar-refractivity contribution in [1.29, 1.82) is 0 Å². The molecule has 1 fully saturated rings. The highest BCUT2D eigenvalue weighted by Crippen LogP contribution is 2.29. The summed E-state index contributed by atoms with van der Waals surface area (Å²) < 4.78 is 5.87. The summed E-state index contributed by atoms with van der Waals surface area (Å²) in [5, 5.41) is 0. The molecular weight excluding hydrogens is 278 g/mol. The smallest absolute Gasteiger partial charge is 0.230 e. The first-order valence-electron chi connectivity index (χ1n) is 8.22. The van der Waals surface area contributed by atoms with Crippen molar-refractivity contribution in [2.24, 2.45) is 11.1 Å². The molecule has 5 nitrogen and oxygen atoms in total. The molecule has 0 saturated carbocycles. The predicted molar refractivity (Wildman–Crippen MR) is 86.5 cm³/mol. The molecule has 1 aliphatic heterocycles. The first-order chi connectivity index (χ1) is 10.6. The maximum Gasteiger partial charge on any atom is 0.230 e. The van der Waals surface area contributed by atoms with Gasteiger partial charge in [-0.2, -0.15) is 0 Å². The lowest BCUT2D eigenvalue weighted by atomic mass is 9.80. The minimum absolute atomic E-state index is 0.134. The molecular formula is C17H27N3O2.